The molecule has 0 heterocycles. The lowest BCUT2D eigenvalue weighted by Gasteiger charge is -2.11. The maximum atomic E-state index is 13.4. The van der Waals surface area contributed by atoms with Gasteiger partial charge in [0.25, 0.3) is 0 Å². The molecule has 0 saturated heterocycles. The summed E-state index contributed by atoms with van der Waals surface area (Å²) in [5.74, 6) is -3.98. The van der Waals surface area contributed by atoms with Crippen LogP contribution in [0, 0.1) is 17.6 Å². The van der Waals surface area contributed by atoms with E-state index in [0.717, 1.165) is 23.9 Å². The Morgan fingerprint density at radius 1 is 1.28 bits per heavy atom. The minimum atomic E-state index is -2.62. The lowest BCUT2D eigenvalue weighted by molar-refractivity contribution is 0.00596. The van der Waals surface area contributed by atoms with Gasteiger partial charge < -0.3 is 5.73 Å². The van der Waals surface area contributed by atoms with E-state index >= 15 is 0 Å². The third-order valence-corrected chi connectivity index (χ3v) is 4.31. The van der Waals surface area contributed by atoms with E-state index in [-0.39, 0.29) is 29.3 Å². The second-order valence-corrected chi connectivity index (χ2v) is 5.62. The molecule has 2 rings (SSSR count). The Morgan fingerprint density at radius 3 is 2.39 bits per heavy atom. The van der Waals surface area contributed by atoms with Crippen LogP contribution in [0.4, 0.5) is 23.2 Å². The van der Waals surface area contributed by atoms with Crippen molar-refractivity contribution in [2.24, 2.45) is 5.92 Å². The van der Waals surface area contributed by atoms with E-state index in [2.05, 4.69) is 0 Å². The van der Waals surface area contributed by atoms with Gasteiger partial charge in [0.15, 0.2) is 0 Å². The van der Waals surface area contributed by atoms with Crippen molar-refractivity contribution in [1.29, 1.82) is 0 Å². The van der Waals surface area contributed by atoms with Crippen LogP contribution in [0.1, 0.15) is 19.3 Å². The van der Waals surface area contributed by atoms with Crippen LogP contribution < -0.4 is 5.73 Å². The van der Waals surface area contributed by atoms with E-state index in [1.54, 1.807) is 0 Å². The maximum Gasteiger partial charge on any atom is 0.248 e. The zero-order valence-corrected chi connectivity index (χ0v) is 10.4. The molecule has 18 heavy (non-hydrogen) atoms. The van der Waals surface area contributed by atoms with Gasteiger partial charge in [0.05, 0.1) is 4.90 Å². The molecule has 1 atom stereocenters. The van der Waals surface area contributed by atoms with E-state index in [4.69, 9.17) is 5.73 Å². The second-order valence-electron chi connectivity index (χ2n) is 4.59. The molecule has 1 aromatic rings. The van der Waals surface area contributed by atoms with Gasteiger partial charge in [-0.15, -0.1) is 11.8 Å². The van der Waals surface area contributed by atoms with Crippen molar-refractivity contribution in [2.75, 3.05) is 11.5 Å². The maximum absolute atomic E-state index is 13.4. The number of hydrogen-bond acceptors (Lipinski definition) is 2. The number of nitrogen functional groups attached to an aromatic ring is 1. The zero-order valence-electron chi connectivity index (χ0n) is 9.56. The standard InChI is InChI=1S/C12H13F4NS/c13-9-3-8(17)4-10(14)11(9)18-6-7-1-2-12(15,16)5-7/h3-4,7H,1-2,5-6,17H2. The summed E-state index contributed by atoms with van der Waals surface area (Å²) in [4.78, 5) is -0.139. The highest BCUT2D eigenvalue weighted by Gasteiger charge is 2.39. The van der Waals surface area contributed by atoms with Gasteiger partial charge in [-0.25, -0.2) is 17.6 Å². The fourth-order valence-corrected chi connectivity index (χ4v) is 3.18. The Kier molecular flexibility index (Phi) is 3.75. The first-order chi connectivity index (χ1) is 8.37. The SMILES string of the molecule is Nc1cc(F)c(SCC2CCC(F)(F)C2)c(F)c1. The van der Waals surface area contributed by atoms with E-state index in [0.29, 0.717) is 12.2 Å². The zero-order chi connectivity index (χ0) is 13.3. The highest BCUT2D eigenvalue weighted by atomic mass is 32.2. The van der Waals surface area contributed by atoms with E-state index in [1.807, 2.05) is 0 Å². The Bertz CT molecular complexity index is 427. The number of halogens is 4. The lowest BCUT2D eigenvalue weighted by atomic mass is 10.1. The van der Waals surface area contributed by atoms with Crippen LogP contribution in [0.3, 0.4) is 0 Å². The van der Waals surface area contributed by atoms with Gasteiger partial charge in [-0.05, 0) is 24.5 Å². The quantitative estimate of drug-likeness (QED) is 0.512. The summed E-state index contributed by atoms with van der Waals surface area (Å²) >= 11 is 0.941. The fourth-order valence-electron chi connectivity index (χ4n) is 2.10. The molecule has 0 bridgehead atoms. The third kappa shape index (κ3) is 3.10. The molecule has 1 saturated carbocycles. The summed E-state index contributed by atoms with van der Waals surface area (Å²) in [5, 5.41) is 0. The van der Waals surface area contributed by atoms with Gasteiger partial charge in [0, 0.05) is 24.3 Å². The first kappa shape index (κ1) is 13.5. The van der Waals surface area contributed by atoms with Gasteiger partial charge in [0.2, 0.25) is 5.92 Å². The molecule has 0 aromatic heterocycles. The number of benzene rings is 1. The molecule has 1 fully saturated rings. The molecule has 1 nitrogen and oxygen atoms in total. The third-order valence-electron chi connectivity index (χ3n) is 2.99. The van der Waals surface area contributed by atoms with Gasteiger partial charge in [0.1, 0.15) is 11.6 Å². The summed E-state index contributed by atoms with van der Waals surface area (Å²) in [5.41, 5.74) is 5.31. The normalized spacial score (nSPS) is 22.3. The first-order valence-electron chi connectivity index (χ1n) is 5.62. The van der Waals surface area contributed by atoms with Crippen LogP contribution in [0.15, 0.2) is 17.0 Å². The molecule has 1 aliphatic rings. The van der Waals surface area contributed by atoms with Crippen LogP contribution in [-0.4, -0.2) is 11.7 Å². The van der Waals surface area contributed by atoms with Crippen molar-refractivity contribution >= 4 is 17.4 Å². The Morgan fingerprint density at radius 2 is 1.89 bits per heavy atom. The number of nitrogens with two attached hydrogens (primary N) is 1. The molecule has 0 amide bonds. The summed E-state index contributed by atoms with van der Waals surface area (Å²) in [6, 6.07) is 2.07. The first-order valence-corrected chi connectivity index (χ1v) is 6.61. The van der Waals surface area contributed by atoms with Crippen molar-refractivity contribution in [1.82, 2.24) is 0 Å². The average Bonchev–Trinajstić information content (AvgIpc) is 2.56. The van der Waals surface area contributed by atoms with Gasteiger partial charge in [-0.1, -0.05) is 0 Å². The van der Waals surface area contributed by atoms with Crippen LogP contribution >= 0.6 is 11.8 Å². The van der Waals surface area contributed by atoms with Gasteiger partial charge in [-0.2, -0.15) is 0 Å². The van der Waals surface area contributed by atoms with E-state index in [9.17, 15) is 17.6 Å². The molecule has 2 N–H and O–H groups in total. The van der Waals surface area contributed by atoms with Crippen molar-refractivity contribution in [3.63, 3.8) is 0 Å². The molecule has 1 aliphatic carbocycles. The van der Waals surface area contributed by atoms with Crippen LogP contribution in [0.5, 0.6) is 0 Å². The summed E-state index contributed by atoms with van der Waals surface area (Å²) in [6.45, 7) is 0. The van der Waals surface area contributed by atoms with Gasteiger partial charge >= 0.3 is 0 Å². The van der Waals surface area contributed by atoms with Crippen molar-refractivity contribution < 1.29 is 17.6 Å². The molecule has 0 spiro atoms. The predicted molar refractivity (Wildman–Crippen MR) is 63.8 cm³/mol. The lowest BCUT2D eigenvalue weighted by Crippen LogP contribution is -2.10. The molecular weight excluding hydrogens is 266 g/mol. The van der Waals surface area contributed by atoms with Crippen molar-refractivity contribution in [2.45, 2.75) is 30.1 Å². The van der Waals surface area contributed by atoms with Crippen LogP contribution in [0.2, 0.25) is 0 Å². The Balaban J connectivity index is 1.99. The van der Waals surface area contributed by atoms with E-state index < -0.39 is 17.6 Å². The Hall–Kier alpha value is -0.910. The minimum Gasteiger partial charge on any atom is -0.399 e. The number of alkyl halides is 2. The fraction of sp³-hybridized carbons (Fsp3) is 0.500. The monoisotopic (exact) mass is 279 g/mol. The largest absolute Gasteiger partial charge is 0.399 e. The Labute approximate surface area is 107 Å². The van der Waals surface area contributed by atoms with Crippen molar-refractivity contribution in [3.8, 4) is 0 Å². The second kappa shape index (κ2) is 4.99. The minimum absolute atomic E-state index is 0.0155. The predicted octanol–water partition coefficient (Wildman–Crippen LogP) is 4.07. The summed E-state index contributed by atoms with van der Waals surface area (Å²) in [7, 11) is 0. The highest BCUT2D eigenvalue weighted by Crippen LogP contribution is 2.41. The number of anilines is 1. The molecule has 0 radical (unpaired) electrons. The van der Waals surface area contributed by atoms with E-state index in [1.165, 1.54) is 0 Å². The topological polar surface area (TPSA) is 26.0 Å². The molecular formula is C12H13F4NS. The summed E-state index contributed by atoms with van der Waals surface area (Å²) in [6.07, 6.45) is 0.0708. The van der Waals surface area contributed by atoms with Gasteiger partial charge in [-0.3, -0.25) is 0 Å². The molecule has 1 unspecified atom stereocenters. The number of hydrogen-bond donors (Lipinski definition) is 1. The number of rotatable bonds is 3. The molecule has 6 heteroatoms. The molecule has 100 valence electrons. The van der Waals surface area contributed by atoms with Crippen molar-refractivity contribution in [3.05, 3.63) is 23.8 Å². The smallest absolute Gasteiger partial charge is 0.248 e. The average molecular weight is 279 g/mol. The van der Waals surface area contributed by atoms with Crippen LogP contribution in [0.25, 0.3) is 0 Å². The number of thioether (sulfide) groups is 1. The molecule has 1 aromatic carbocycles. The summed E-state index contributed by atoms with van der Waals surface area (Å²) < 4.78 is 52.8. The van der Waals surface area contributed by atoms with Crippen LogP contribution in [-0.2, 0) is 0 Å². The highest BCUT2D eigenvalue weighted by molar-refractivity contribution is 7.99. The molecule has 0 aliphatic heterocycles.